The smallest absolute Gasteiger partial charge is 0.106 e. The van der Waals surface area contributed by atoms with E-state index in [9.17, 15) is 5.11 Å². The van der Waals surface area contributed by atoms with Gasteiger partial charge in [0.25, 0.3) is 0 Å². The van der Waals surface area contributed by atoms with Crippen LogP contribution in [-0.2, 0) is 4.74 Å². The molecule has 0 amide bonds. The number of hydrogen-bond acceptors (Lipinski definition) is 3. The highest BCUT2D eigenvalue weighted by molar-refractivity contribution is 7.17. The van der Waals surface area contributed by atoms with Crippen LogP contribution in [0.1, 0.15) is 38.4 Å². The Morgan fingerprint density at radius 1 is 1.28 bits per heavy atom. The molecule has 0 radical (unpaired) electrons. The predicted octanol–water partition coefficient (Wildman–Crippen LogP) is 4.14. The maximum absolute atomic E-state index is 10.5. The number of aliphatic hydroxyl groups excluding tert-OH is 1. The average molecular weight is 264 g/mol. The van der Waals surface area contributed by atoms with Crippen LogP contribution in [-0.4, -0.2) is 17.8 Å². The summed E-state index contributed by atoms with van der Waals surface area (Å²) in [6, 6.07) is 8.18. The zero-order valence-corrected chi connectivity index (χ0v) is 11.7. The number of thiophene rings is 1. The molecule has 2 nitrogen and oxygen atoms in total. The van der Waals surface area contributed by atoms with Crippen molar-refractivity contribution in [2.75, 3.05) is 6.61 Å². The zero-order chi connectivity index (χ0) is 13.0. The molecule has 3 heteroatoms. The van der Waals surface area contributed by atoms with Crippen molar-refractivity contribution in [2.24, 2.45) is 0 Å². The normalized spacial score (nSPS) is 14.8. The van der Waals surface area contributed by atoms with Crippen molar-refractivity contribution in [3.8, 4) is 0 Å². The number of aliphatic hydroxyl groups is 1. The van der Waals surface area contributed by atoms with Crippen LogP contribution in [0.2, 0.25) is 0 Å². The minimum atomic E-state index is -0.535. The standard InChI is InChI=1S/C15H20O2S/c1-3-6-13(17-4-2)14(16)12-8-5-7-11-9-10-18-15(11)12/h5,7-10,13-14,16H,3-4,6H2,1-2H3. The van der Waals surface area contributed by atoms with E-state index in [0.29, 0.717) is 6.61 Å². The van der Waals surface area contributed by atoms with Gasteiger partial charge in [-0.05, 0) is 30.2 Å². The summed E-state index contributed by atoms with van der Waals surface area (Å²) in [5.41, 5.74) is 0.995. The van der Waals surface area contributed by atoms with E-state index in [4.69, 9.17) is 4.74 Å². The Balaban J connectivity index is 2.30. The molecule has 2 unspecified atom stereocenters. The van der Waals surface area contributed by atoms with Gasteiger partial charge in [0.2, 0.25) is 0 Å². The van der Waals surface area contributed by atoms with E-state index in [2.05, 4.69) is 24.4 Å². The Kier molecular flexibility index (Phi) is 4.75. The molecule has 2 atom stereocenters. The van der Waals surface area contributed by atoms with E-state index in [0.717, 1.165) is 18.4 Å². The van der Waals surface area contributed by atoms with Crippen LogP contribution >= 0.6 is 11.3 Å². The largest absolute Gasteiger partial charge is 0.386 e. The summed E-state index contributed by atoms with van der Waals surface area (Å²) < 4.78 is 6.85. The molecule has 1 aromatic carbocycles. The summed E-state index contributed by atoms with van der Waals surface area (Å²) in [4.78, 5) is 0. The fourth-order valence-electron chi connectivity index (χ4n) is 2.28. The molecule has 0 saturated carbocycles. The van der Waals surface area contributed by atoms with Crippen molar-refractivity contribution in [1.29, 1.82) is 0 Å². The molecule has 2 rings (SSSR count). The molecule has 1 heterocycles. The van der Waals surface area contributed by atoms with Crippen LogP contribution in [0.15, 0.2) is 29.6 Å². The van der Waals surface area contributed by atoms with Gasteiger partial charge in [-0.15, -0.1) is 11.3 Å². The number of hydrogen-bond donors (Lipinski definition) is 1. The van der Waals surface area contributed by atoms with E-state index in [1.807, 2.05) is 19.1 Å². The molecule has 0 bridgehead atoms. The number of rotatable bonds is 6. The molecular weight excluding hydrogens is 244 g/mol. The minimum Gasteiger partial charge on any atom is -0.386 e. The van der Waals surface area contributed by atoms with Gasteiger partial charge in [0, 0.05) is 16.9 Å². The predicted molar refractivity (Wildman–Crippen MR) is 77.1 cm³/mol. The molecular formula is C15H20O2S. The highest BCUT2D eigenvalue weighted by atomic mass is 32.1. The van der Waals surface area contributed by atoms with Crippen LogP contribution in [0.5, 0.6) is 0 Å². The second kappa shape index (κ2) is 6.32. The fourth-order valence-corrected chi connectivity index (χ4v) is 3.23. The van der Waals surface area contributed by atoms with Gasteiger partial charge in [-0.2, -0.15) is 0 Å². The molecule has 98 valence electrons. The first kappa shape index (κ1) is 13.5. The van der Waals surface area contributed by atoms with Crippen LogP contribution in [0.3, 0.4) is 0 Å². The molecule has 0 fully saturated rings. The first-order valence-electron chi connectivity index (χ1n) is 6.53. The van der Waals surface area contributed by atoms with Crippen molar-refractivity contribution in [3.05, 3.63) is 35.2 Å². The summed E-state index contributed by atoms with van der Waals surface area (Å²) in [6.07, 6.45) is 1.26. The molecule has 2 aromatic rings. The van der Waals surface area contributed by atoms with E-state index < -0.39 is 6.10 Å². The van der Waals surface area contributed by atoms with Crippen molar-refractivity contribution < 1.29 is 9.84 Å². The molecule has 18 heavy (non-hydrogen) atoms. The molecule has 1 aromatic heterocycles. The van der Waals surface area contributed by atoms with Crippen molar-refractivity contribution in [1.82, 2.24) is 0 Å². The van der Waals surface area contributed by atoms with E-state index >= 15 is 0 Å². The molecule has 0 aliphatic heterocycles. The summed E-state index contributed by atoms with van der Waals surface area (Å²) in [5.74, 6) is 0. The summed E-state index contributed by atoms with van der Waals surface area (Å²) in [5, 5.41) is 13.8. The third-order valence-corrected chi connectivity index (χ3v) is 4.11. The number of ether oxygens (including phenoxy) is 1. The van der Waals surface area contributed by atoms with Crippen LogP contribution < -0.4 is 0 Å². The number of fused-ring (bicyclic) bond motifs is 1. The monoisotopic (exact) mass is 264 g/mol. The third kappa shape index (κ3) is 2.74. The molecule has 0 aliphatic rings. The van der Waals surface area contributed by atoms with Crippen LogP contribution in [0.4, 0.5) is 0 Å². The average Bonchev–Trinajstić information content (AvgIpc) is 2.85. The SMILES string of the molecule is CCCC(OCC)C(O)c1cccc2ccsc12. The second-order valence-electron chi connectivity index (χ2n) is 4.41. The highest BCUT2D eigenvalue weighted by Crippen LogP contribution is 2.32. The Bertz CT molecular complexity index is 486. The van der Waals surface area contributed by atoms with Gasteiger partial charge in [0.05, 0.1) is 6.10 Å². The number of benzene rings is 1. The summed E-state index contributed by atoms with van der Waals surface area (Å²) >= 11 is 1.68. The Morgan fingerprint density at radius 3 is 2.83 bits per heavy atom. The fraction of sp³-hybridized carbons (Fsp3) is 0.467. The van der Waals surface area contributed by atoms with Gasteiger partial charge >= 0.3 is 0 Å². The lowest BCUT2D eigenvalue weighted by atomic mass is 10.00. The van der Waals surface area contributed by atoms with Gasteiger partial charge in [-0.1, -0.05) is 31.5 Å². The van der Waals surface area contributed by atoms with Gasteiger partial charge in [0.15, 0.2) is 0 Å². The van der Waals surface area contributed by atoms with E-state index in [1.54, 1.807) is 11.3 Å². The second-order valence-corrected chi connectivity index (χ2v) is 5.33. The molecule has 0 aliphatic carbocycles. The van der Waals surface area contributed by atoms with Gasteiger partial charge in [-0.25, -0.2) is 0 Å². The lowest BCUT2D eigenvalue weighted by molar-refractivity contribution is -0.0378. The minimum absolute atomic E-state index is 0.104. The lowest BCUT2D eigenvalue weighted by Crippen LogP contribution is -2.22. The molecule has 0 spiro atoms. The highest BCUT2D eigenvalue weighted by Gasteiger charge is 2.22. The third-order valence-electron chi connectivity index (χ3n) is 3.13. The quantitative estimate of drug-likeness (QED) is 0.849. The first-order valence-corrected chi connectivity index (χ1v) is 7.41. The van der Waals surface area contributed by atoms with Gasteiger partial charge in [0.1, 0.15) is 6.10 Å². The van der Waals surface area contributed by atoms with Gasteiger partial charge in [-0.3, -0.25) is 0 Å². The zero-order valence-electron chi connectivity index (χ0n) is 10.9. The summed E-state index contributed by atoms with van der Waals surface area (Å²) in [7, 11) is 0. The molecule has 1 N–H and O–H groups in total. The van der Waals surface area contributed by atoms with Crippen molar-refractivity contribution >= 4 is 21.4 Å². The van der Waals surface area contributed by atoms with E-state index in [1.165, 1.54) is 10.1 Å². The lowest BCUT2D eigenvalue weighted by Gasteiger charge is -2.23. The van der Waals surface area contributed by atoms with Gasteiger partial charge < -0.3 is 9.84 Å². The topological polar surface area (TPSA) is 29.5 Å². The first-order chi connectivity index (χ1) is 8.77. The maximum Gasteiger partial charge on any atom is 0.106 e. The van der Waals surface area contributed by atoms with Crippen LogP contribution in [0.25, 0.3) is 10.1 Å². The van der Waals surface area contributed by atoms with E-state index in [-0.39, 0.29) is 6.10 Å². The Morgan fingerprint density at radius 2 is 2.11 bits per heavy atom. The maximum atomic E-state index is 10.5. The van der Waals surface area contributed by atoms with Crippen molar-refractivity contribution in [2.45, 2.75) is 38.9 Å². The Hall–Kier alpha value is -0.900. The Labute approximate surface area is 112 Å². The van der Waals surface area contributed by atoms with Crippen molar-refractivity contribution in [3.63, 3.8) is 0 Å². The summed E-state index contributed by atoms with van der Waals surface area (Å²) in [6.45, 7) is 4.73. The molecule has 0 saturated heterocycles. The van der Waals surface area contributed by atoms with Crippen LogP contribution in [0, 0.1) is 0 Å².